The van der Waals surface area contributed by atoms with Gasteiger partial charge in [0.05, 0.1) is 6.42 Å². The van der Waals surface area contributed by atoms with E-state index in [0.29, 0.717) is 12.1 Å². The number of benzene rings is 2. The third-order valence-electron chi connectivity index (χ3n) is 3.38. The summed E-state index contributed by atoms with van der Waals surface area (Å²) in [6.45, 7) is 5.99. The van der Waals surface area contributed by atoms with E-state index in [0.717, 1.165) is 22.4 Å². The van der Waals surface area contributed by atoms with E-state index in [2.05, 4.69) is 17.4 Å². The smallest absolute Gasteiger partial charge is 0.228 e. The van der Waals surface area contributed by atoms with Crippen LogP contribution in [0.2, 0.25) is 0 Å². The second kappa shape index (κ2) is 5.78. The fraction of sp³-hybridized carbons (Fsp3) is 0.235. The Bertz CT molecular complexity index is 647. The molecule has 3 N–H and O–H groups in total. The highest BCUT2D eigenvalue weighted by Crippen LogP contribution is 2.18. The molecule has 0 heterocycles. The Hall–Kier alpha value is -2.29. The van der Waals surface area contributed by atoms with Crippen LogP contribution in [0.1, 0.15) is 22.3 Å². The van der Waals surface area contributed by atoms with Gasteiger partial charge in [-0.1, -0.05) is 23.8 Å². The summed E-state index contributed by atoms with van der Waals surface area (Å²) < 4.78 is 0. The van der Waals surface area contributed by atoms with E-state index < -0.39 is 0 Å². The molecule has 2 rings (SSSR count). The van der Waals surface area contributed by atoms with Crippen molar-refractivity contribution < 1.29 is 4.79 Å². The molecule has 3 nitrogen and oxygen atoms in total. The van der Waals surface area contributed by atoms with Gasteiger partial charge in [-0.15, -0.1) is 0 Å². The SMILES string of the molecule is Cc1ccc(C)c(CC(=O)Nc2ccc(N)cc2C)c1. The van der Waals surface area contributed by atoms with E-state index in [1.54, 1.807) is 6.07 Å². The van der Waals surface area contributed by atoms with Crippen LogP contribution in [0.3, 0.4) is 0 Å². The largest absolute Gasteiger partial charge is 0.399 e. The third-order valence-corrected chi connectivity index (χ3v) is 3.38. The van der Waals surface area contributed by atoms with Crippen molar-refractivity contribution in [1.82, 2.24) is 0 Å². The van der Waals surface area contributed by atoms with Crippen molar-refractivity contribution in [3.63, 3.8) is 0 Å². The van der Waals surface area contributed by atoms with Gasteiger partial charge in [0.15, 0.2) is 0 Å². The number of aryl methyl sites for hydroxylation is 3. The monoisotopic (exact) mass is 268 g/mol. The summed E-state index contributed by atoms with van der Waals surface area (Å²) in [6.07, 6.45) is 0.386. The number of carbonyl (C=O) groups excluding carboxylic acids is 1. The molecule has 0 radical (unpaired) electrons. The van der Waals surface area contributed by atoms with Gasteiger partial charge < -0.3 is 11.1 Å². The highest BCUT2D eigenvalue weighted by Gasteiger charge is 2.08. The van der Waals surface area contributed by atoms with Gasteiger partial charge in [0.2, 0.25) is 5.91 Å². The average molecular weight is 268 g/mol. The number of anilines is 2. The molecule has 0 spiro atoms. The van der Waals surface area contributed by atoms with E-state index in [9.17, 15) is 4.79 Å². The zero-order valence-corrected chi connectivity index (χ0v) is 12.2. The number of hydrogen-bond donors (Lipinski definition) is 2. The maximum absolute atomic E-state index is 12.1. The Morgan fingerprint density at radius 1 is 1.05 bits per heavy atom. The predicted octanol–water partition coefficient (Wildman–Crippen LogP) is 3.38. The summed E-state index contributed by atoms with van der Waals surface area (Å²) in [5.41, 5.74) is 11.6. The van der Waals surface area contributed by atoms with Crippen molar-refractivity contribution in [3.8, 4) is 0 Å². The van der Waals surface area contributed by atoms with Crippen LogP contribution in [0.15, 0.2) is 36.4 Å². The lowest BCUT2D eigenvalue weighted by molar-refractivity contribution is -0.115. The molecule has 0 bridgehead atoms. The summed E-state index contributed by atoms with van der Waals surface area (Å²) >= 11 is 0. The van der Waals surface area contributed by atoms with Crippen molar-refractivity contribution in [2.24, 2.45) is 0 Å². The minimum absolute atomic E-state index is 0.00780. The zero-order valence-electron chi connectivity index (χ0n) is 12.2. The van der Waals surface area contributed by atoms with Gasteiger partial charge in [0.1, 0.15) is 0 Å². The summed E-state index contributed by atoms with van der Waals surface area (Å²) in [6, 6.07) is 11.7. The molecule has 0 aromatic heterocycles. The topological polar surface area (TPSA) is 55.1 Å². The standard InChI is InChI=1S/C17H20N2O/c1-11-4-5-12(2)14(8-11)10-17(20)19-16-7-6-15(18)9-13(16)3/h4-9H,10,18H2,1-3H3,(H,19,20). The van der Waals surface area contributed by atoms with Crippen molar-refractivity contribution in [3.05, 3.63) is 58.7 Å². The van der Waals surface area contributed by atoms with Gasteiger partial charge in [-0.25, -0.2) is 0 Å². The lowest BCUT2D eigenvalue weighted by Crippen LogP contribution is -2.16. The molecule has 1 amide bonds. The molecule has 0 aliphatic heterocycles. The molecule has 0 saturated carbocycles. The first-order chi connectivity index (χ1) is 9.45. The van der Waals surface area contributed by atoms with Crippen LogP contribution in [0, 0.1) is 20.8 Å². The van der Waals surface area contributed by atoms with Crippen LogP contribution < -0.4 is 11.1 Å². The number of nitrogens with two attached hydrogens (primary N) is 1. The van der Waals surface area contributed by atoms with Crippen LogP contribution in [0.4, 0.5) is 11.4 Å². The molecular formula is C17H20N2O. The molecule has 2 aromatic carbocycles. The van der Waals surface area contributed by atoms with E-state index in [-0.39, 0.29) is 5.91 Å². The molecule has 20 heavy (non-hydrogen) atoms. The van der Waals surface area contributed by atoms with Gasteiger partial charge in [-0.05, 0) is 55.7 Å². The Morgan fingerprint density at radius 3 is 2.50 bits per heavy atom. The maximum atomic E-state index is 12.1. The van der Waals surface area contributed by atoms with Crippen LogP contribution in [0.25, 0.3) is 0 Å². The Balaban J connectivity index is 2.11. The van der Waals surface area contributed by atoms with Crippen molar-refractivity contribution in [2.75, 3.05) is 11.1 Å². The number of nitrogens with one attached hydrogen (secondary N) is 1. The molecule has 0 atom stereocenters. The summed E-state index contributed by atoms with van der Waals surface area (Å²) in [5.74, 6) is -0.00780. The first-order valence-corrected chi connectivity index (χ1v) is 6.68. The first-order valence-electron chi connectivity index (χ1n) is 6.68. The summed E-state index contributed by atoms with van der Waals surface area (Å²) in [4.78, 5) is 12.1. The Labute approximate surface area is 119 Å². The number of rotatable bonds is 3. The summed E-state index contributed by atoms with van der Waals surface area (Å²) in [7, 11) is 0. The molecule has 0 fully saturated rings. The second-order valence-electron chi connectivity index (χ2n) is 5.23. The third kappa shape index (κ3) is 3.38. The zero-order chi connectivity index (χ0) is 14.7. The van der Waals surface area contributed by atoms with E-state index in [4.69, 9.17) is 5.73 Å². The van der Waals surface area contributed by atoms with E-state index in [1.165, 1.54) is 5.56 Å². The highest BCUT2D eigenvalue weighted by atomic mass is 16.1. The molecule has 0 aliphatic rings. The molecular weight excluding hydrogens is 248 g/mol. The fourth-order valence-electron chi connectivity index (χ4n) is 2.19. The van der Waals surface area contributed by atoms with Gasteiger partial charge >= 0.3 is 0 Å². The second-order valence-corrected chi connectivity index (χ2v) is 5.23. The summed E-state index contributed by atoms with van der Waals surface area (Å²) in [5, 5.41) is 2.94. The molecule has 2 aromatic rings. The Morgan fingerprint density at radius 2 is 1.80 bits per heavy atom. The van der Waals surface area contributed by atoms with Crippen molar-refractivity contribution in [1.29, 1.82) is 0 Å². The van der Waals surface area contributed by atoms with Crippen LogP contribution in [-0.2, 0) is 11.2 Å². The lowest BCUT2D eigenvalue weighted by atomic mass is 10.0. The number of nitrogen functional groups attached to an aromatic ring is 1. The minimum atomic E-state index is -0.00780. The molecule has 104 valence electrons. The van der Waals surface area contributed by atoms with Crippen molar-refractivity contribution >= 4 is 17.3 Å². The molecule has 0 saturated heterocycles. The highest BCUT2D eigenvalue weighted by molar-refractivity contribution is 5.93. The van der Waals surface area contributed by atoms with Crippen LogP contribution >= 0.6 is 0 Å². The first kappa shape index (κ1) is 14.1. The van der Waals surface area contributed by atoms with Gasteiger partial charge in [0, 0.05) is 11.4 Å². The van der Waals surface area contributed by atoms with Crippen molar-refractivity contribution in [2.45, 2.75) is 27.2 Å². The molecule has 0 aliphatic carbocycles. The van der Waals surface area contributed by atoms with E-state index in [1.807, 2.05) is 39.0 Å². The molecule has 0 unspecified atom stereocenters. The maximum Gasteiger partial charge on any atom is 0.228 e. The molecule has 3 heteroatoms. The van der Waals surface area contributed by atoms with Gasteiger partial charge in [-0.3, -0.25) is 4.79 Å². The number of hydrogen-bond acceptors (Lipinski definition) is 2. The fourth-order valence-corrected chi connectivity index (χ4v) is 2.19. The quantitative estimate of drug-likeness (QED) is 0.838. The normalized spacial score (nSPS) is 10.3. The average Bonchev–Trinajstić information content (AvgIpc) is 2.37. The van der Waals surface area contributed by atoms with E-state index >= 15 is 0 Å². The van der Waals surface area contributed by atoms with Crippen LogP contribution in [0.5, 0.6) is 0 Å². The minimum Gasteiger partial charge on any atom is -0.399 e. The number of carbonyl (C=O) groups is 1. The van der Waals surface area contributed by atoms with Gasteiger partial charge in [-0.2, -0.15) is 0 Å². The van der Waals surface area contributed by atoms with Crippen LogP contribution in [-0.4, -0.2) is 5.91 Å². The Kier molecular flexibility index (Phi) is 4.08. The lowest BCUT2D eigenvalue weighted by Gasteiger charge is -2.11. The predicted molar refractivity (Wildman–Crippen MR) is 83.8 cm³/mol. The number of amides is 1. The van der Waals surface area contributed by atoms with Gasteiger partial charge in [0.25, 0.3) is 0 Å².